The molecule has 674 valence electrons. The largest absolute Gasteiger partial charge is 0.330 e. The summed E-state index contributed by atoms with van der Waals surface area (Å²) in [7, 11) is 0. The molecule has 0 saturated heterocycles. The SMILES string of the molecule is NCCCN(CCN)CCCN(CCCN(CCN)CCCN)CCCN(CCCCN(CCCN(CCCN(CCN)CCCN)CCCN(CCCN)CCCN)CCN(CCCN(CCN)CCCN)CCCN(CCCN)CCCN)CCCN(CCCN(CCCN)CCCN)CCN(CCCN)CCCN. The van der Waals surface area contributed by atoms with Gasteiger partial charge in [0.15, 0.2) is 0 Å². The lowest BCUT2D eigenvalue weighted by atomic mass is 10.2. The number of nitrogens with zero attached hydrogens (tertiary/aromatic N) is 14. The predicted molar refractivity (Wildman–Crippen MR) is 486 cm³/mol. The van der Waals surface area contributed by atoms with Crippen LogP contribution in [-0.4, -0.2) is 448 Å². The Bertz CT molecular complexity index is 1760. The molecule has 0 amide bonds. The van der Waals surface area contributed by atoms with E-state index in [1.54, 1.807) is 0 Å². The molecule has 0 aromatic heterocycles. The second-order valence-electron chi connectivity index (χ2n) is 31.9. The van der Waals surface area contributed by atoms with Gasteiger partial charge in [-0.2, -0.15) is 0 Å². The van der Waals surface area contributed by atoms with Crippen molar-refractivity contribution in [1.29, 1.82) is 0 Å². The summed E-state index contributed by atoms with van der Waals surface area (Å²) in [6, 6.07) is 0. The van der Waals surface area contributed by atoms with Crippen LogP contribution in [0.25, 0.3) is 0 Å². The highest BCUT2D eigenvalue weighted by atomic mass is 15.2. The molecule has 0 spiro atoms. The highest BCUT2D eigenvalue weighted by molar-refractivity contribution is 4.76. The zero-order valence-electron chi connectivity index (χ0n) is 73.5. The molecular formula is C82H196N30. The van der Waals surface area contributed by atoms with Gasteiger partial charge in [-0.25, -0.2) is 0 Å². The highest BCUT2D eigenvalue weighted by Gasteiger charge is 2.19. The Morgan fingerprint density at radius 2 is 0.152 bits per heavy atom. The molecule has 0 aliphatic carbocycles. The van der Waals surface area contributed by atoms with E-state index < -0.39 is 0 Å². The third-order valence-corrected chi connectivity index (χ3v) is 22.1. The minimum Gasteiger partial charge on any atom is -0.330 e. The zero-order valence-corrected chi connectivity index (χ0v) is 73.5. The number of nitrogens with two attached hydrogens (primary N) is 16. The monoisotopic (exact) mass is 1600 g/mol. The van der Waals surface area contributed by atoms with Crippen LogP contribution in [0.4, 0.5) is 0 Å². The van der Waals surface area contributed by atoms with Gasteiger partial charge in [0.25, 0.3) is 0 Å². The van der Waals surface area contributed by atoms with Crippen molar-refractivity contribution in [3.05, 3.63) is 0 Å². The Morgan fingerprint density at radius 3 is 0.250 bits per heavy atom. The molecule has 0 rings (SSSR count). The van der Waals surface area contributed by atoms with Gasteiger partial charge in [0.1, 0.15) is 0 Å². The molecular weight excluding hydrogens is 1410 g/mol. The lowest BCUT2D eigenvalue weighted by Crippen LogP contribution is -2.41. The summed E-state index contributed by atoms with van der Waals surface area (Å²) in [5, 5.41) is 0. The van der Waals surface area contributed by atoms with Crippen LogP contribution in [-0.2, 0) is 0 Å². The maximum atomic E-state index is 6.20. The fraction of sp³-hybridized carbons (Fsp3) is 1.00. The summed E-state index contributed by atoms with van der Waals surface area (Å²) in [6.07, 6.45) is 25.6. The second kappa shape index (κ2) is 86.2. The van der Waals surface area contributed by atoms with E-state index in [0.717, 1.165) is 429 Å². The molecule has 30 heteroatoms. The van der Waals surface area contributed by atoms with E-state index in [0.29, 0.717) is 105 Å². The van der Waals surface area contributed by atoms with E-state index in [1.807, 2.05) is 0 Å². The molecule has 0 atom stereocenters. The third kappa shape index (κ3) is 68.6. The molecule has 0 saturated carbocycles. The molecule has 0 aromatic carbocycles. The Hall–Kier alpha value is -1.20. The van der Waals surface area contributed by atoms with Gasteiger partial charge in [-0.1, -0.05) is 0 Å². The first-order valence-electron chi connectivity index (χ1n) is 46.3. The van der Waals surface area contributed by atoms with Crippen molar-refractivity contribution in [3.63, 3.8) is 0 Å². The minimum atomic E-state index is 0.663. The van der Waals surface area contributed by atoms with Gasteiger partial charge in [0, 0.05) is 78.5 Å². The molecule has 30 nitrogen and oxygen atoms in total. The van der Waals surface area contributed by atoms with Crippen molar-refractivity contribution in [2.45, 2.75) is 154 Å². The van der Waals surface area contributed by atoms with Crippen molar-refractivity contribution in [2.24, 2.45) is 91.7 Å². The Morgan fingerprint density at radius 1 is 0.0714 bits per heavy atom. The van der Waals surface area contributed by atoms with E-state index in [1.165, 1.54) is 0 Å². The zero-order chi connectivity index (χ0) is 82.1. The van der Waals surface area contributed by atoms with Crippen molar-refractivity contribution in [2.75, 3.05) is 380 Å². The van der Waals surface area contributed by atoms with Crippen LogP contribution < -0.4 is 91.7 Å². The Kier molecular flexibility index (Phi) is 85.3. The fourth-order valence-corrected chi connectivity index (χ4v) is 15.6. The topological polar surface area (TPSA) is 462 Å². The van der Waals surface area contributed by atoms with Crippen LogP contribution >= 0.6 is 0 Å². The summed E-state index contributed by atoms with van der Waals surface area (Å²) in [6.45, 7) is 54.7. The number of hydrogen-bond acceptors (Lipinski definition) is 30. The van der Waals surface area contributed by atoms with Gasteiger partial charge in [-0.05, 0) is 455 Å². The summed E-state index contributed by atoms with van der Waals surface area (Å²) < 4.78 is 0. The first kappa shape index (κ1) is 111. The van der Waals surface area contributed by atoms with Gasteiger partial charge in [0.2, 0.25) is 0 Å². The van der Waals surface area contributed by atoms with Gasteiger partial charge in [-0.15, -0.1) is 0 Å². The smallest absolute Gasteiger partial charge is 0.0109 e. The van der Waals surface area contributed by atoms with Crippen LogP contribution in [0, 0.1) is 0 Å². The van der Waals surface area contributed by atoms with E-state index in [4.69, 9.17) is 91.7 Å². The molecule has 0 aromatic rings. The van der Waals surface area contributed by atoms with Gasteiger partial charge in [0.05, 0.1) is 0 Å². The predicted octanol–water partition coefficient (Wildman–Crippen LogP) is -2.08. The lowest BCUT2D eigenvalue weighted by molar-refractivity contribution is 0.162. The van der Waals surface area contributed by atoms with E-state index in [9.17, 15) is 0 Å². The van der Waals surface area contributed by atoms with Gasteiger partial charge in [-0.3, -0.25) is 0 Å². The maximum absolute atomic E-state index is 6.20. The number of unbranched alkanes of at least 4 members (excludes halogenated alkanes) is 1. The molecule has 0 aliphatic rings. The van der Waals surface area contributed by atoms with E-state index >= 15 is 0 Å². The Labute approximate surface area is 690 Å². The summed E-state index contributed by atoms with van der Waals surface area (Å²) in [5.41, 5.74) is 97.5. The molecule has 0 fully saturated rings. The quantitative estimate of drug-likeness (QED) is 0.0291. The Balaban J connectivity index is 7.67. The minimum absolute atomic E-state index is 0.663. The highest BCUT2D eigenvalue weighted by Crippen LogP contribution is 2.12. The lowest BCUT2D eigenvalue weighted by Gasteiger charge is -2.31. The first-order valence-corrected chi connectivity index (χ1v) is 46.3. The normalized spacial score (nSPS) is 12.6. The van der Waals surface area contributed by atoms with Gasteiger partial charge >= 0.3 is 0 Å². The van der Waals surface area contributed by atoms with Crippen LogP contribution in [0.2, 0.25) is 0 Å². The average Bonchev–Trinajstić information content (AvgIpc) is 0.945. The summed E-state index contributed by atoms with van der Waals surface area (Å²) in [5.74, 6) is 0. The molecule has 0 aliphatic heterocycles. The standard InChI is InChI=1S/C82H196N30/c83-25-3-43-100(44-4-26-84)57-16-61-104(64-19-68-107(77-39-97)51-11-33-91)65-23-70-109(79-81-112(74-24-69-108(78-40-98)52-12-34-92)73-22-59-102(47-7-29-87)48-8-30-88)42-2-1-41-99(55-15-60-103(62-17-66-105(75-37-95)49-9-31-89)63-18-67-106(76-38-96)50-10-32-90)56-20-71-111(82-80-110(53-13-35-93)54-14-36-94)72-21-58-101(45-5-27-85)46-6-28-86/h1-98H2. The van der Waals surface area contributed by atoms with E-state index in [-0.39, 0.29) is 0 Å². The average molecular weight is 1600 g/mol. The van der Waals surface area contributed by atoms with Gasteiger partial charge < -0.3 is 160 Å². The van der Waals surface area contributed by atoms with Crippen LogP contribution in [0.1, 0.15) is 154 Å². The molecule has 0 bridgehead atoms. The fourth-order valence-electron chi connectivity index (χ4n) is 15.6. The first-order chi connectivity index (χ1) is 55.0. The maximum Gasteiger partial charge on any atom is 0.0109 e. The van der Waals surface area contributed by atoms with Crippen molar-refractivity contribution >= 4 is 0 Å². The van der Waals surface area contributed by atoms with Crippen molar-refractivity contribution < 1.29 is 0 Å². The van der Waals surface area contributed by atoms with Crippen molar-refractivity contribution in [3.8, 4) is 0 Å². The van der Waals surface area contributed by atoms with E-state index in [2.05, 4.69) is 68.6 Å². The van der Waals surface area contributed by atoms with Crippen LogP contribution in [0.3, 0.4) is 0 Å². The second-order valence-corrected chi connectivity index (χ2v) is 31.9. The summed E-state index contributed by atoms with van der Waals surface area (Å²) in [4.78, 5) is 37.3. The molecule has 0 unspecified atom stereocenters. The number of hydrogen-bond donors (Lipinski definition) is 16. The molecule has 32 N–H and O–H groups in total. The molecule has 112 heavy (non-hydrogen) atoms. The summed E-state index contributed by atoms with van der Waals surface area (Å²) >= 11 is 0. The molecule has 0 radical (unpaired) electrons. The van der Waals surface area contributed by atoms with Crippen molar-refractivity contribution in [1.82, 2.24) is 68.6 Å². The van der Waals surface area contributed by atoms with Crippen LogP contribution in [0.15, 0.2) is 0 Å². The third-order valence-electron chi connectivity index (χ3n) is 22.1. The number of rotatable bonds is 95. The molecule has 0 heterocycles. The van der Waals surface area contributed by atoms with Crippen LogP contribution in [0.5, 0.6) is 0 Å².